The number of H-pyrrole nitrogens is 1. The number of hydrazone groups is 1. The van der Waals surface area contributed by atoms with Gasteiger partial charge in [0.1, 0.15) is 6.61 Å². The van der Waals surface area contributed by atoms with Crippen LogP contribution in [0.1, 0.15) is 18.1 Å². The molecule has 2 aromatic carbocycles. The van der Waals surface area contributed by atoms with Crippen molar-refractivity contribution in [3.8, 4) is 11.5 Å². The Labute approximate surface area is 150 Å². The molecule has 0 spiro atoms. The van der Waals surface area contributed by atoms with E-state index in [0.717, 1.165) is 22.9 Å². The fourth-order valence-electron chi connectivity index (χ4n) is 3.03. The van der Waals surface area contributed by atoms with Crippen LogP contribution >= 0.6 is 0 Å². The number of aryl methyl sites for hydroxylation is 1. The van der Waals surface area contributed by atoms with E-state index in [1.165, 1.54) is 5.56 Å². The zero-order valence-corrected chi connectivity index (χ0v) is 14.4. The summed E-state index contributed by atoms with van der Waals surface area (Å²) in [6, 6.07) is 13.4. The van der Waals surface area contributed by atoms with Gasteiger partial charge in [-0.1, -0.05) is 37.3 Å². The van der Waals surface area contributed by atoms with Crippen molar-refractivity contribution in [1.82, 2.24) is 10.4 Å². The molecule has 6 heteroatoms. The molecule has 0 saturated carbocycles. The quantitative estimate of drug-likeness (QED) is 0.561. The Balaban J connectivity index is 1.44. The highest BCUT2D eigenvalue weighted by Crippen LogP contribution is 2.30. The number of carbonyl (C=O) groups is 1. The molecule has 6 nitrogen and oxygen atoms in total. The molecular weight excluding hydrogens is 330 g/mol. The van der Waals surface area contributed by atoms with Crippen LogP contribution in [-0.4, -0.2) is 29.8 Å². The van der Waals surface area contributed by atoms with Gasteiger partial charge in [-0.2, -0.15) is 5.10 Å². The number of hydrogen-bond acceptors (Lipinski definition) is 4. The Morgan fingerprint density at radius 1 is 1.27 bits per heavy atom. The smallest absolute Gasteiger partial charge is 0.284 e. The number of fused-ring (bicyclic) bond motifs is 2. The first-order chi connectivity index (χ1) is 12.8. The van der Waals surface area contributed by atoms with Crippen molar-refractivity contribution in [2.24, 2.45) is 5.10 Å². The lowest BCUT2D eigenvalue weighted by molar-refractivity contribution is -0.130. The van der Waals surface area contributed by atoms with Crippen LogP contribution in [0.25, 0.3) is 10.9 Å². The molecule has 0 bridgehead atoms. The lowest BCUT2D eigenvalue weighted by atomic mass is 10.1. The minimum absolute atomic E-state index is 0.158. The van der Waals surface area contributed by atoms with Gasteiger partial charge in [0, 0.05) is 22.7 Å². The number of aromatic amines is 1. The monoisotopic (exact) mass is 349 g/mol. The summed E-state index contributed by atoms with van der Waals surface area (Å²) in [6.45, 7) is 2.28. The maximum atomic E-state index is 12.3. The molecule has 0 unspecified atom stereocenters. The number of amides is 1. The van der Waals surface area contributed by atoms with Crippen LogP contribution in [-0.2, 0) is 11.2 Å². The maximum absolute atomic E-state index is 12.3. The first-order valence-electron chi connectivity index (χ1n) is 8.56. The van der Waals surface area contributed by atoms with Gasteiger partial charge in [0.2, 0.25) is 6.10 Å². The minimum Gasteiger partial charge on any atom is -0.485 e. The molecule has 4 rings (SSSR count). The van der Waals surface area contributed by atoms with Gasteiger partial charge >= 0.3 is 0 Å². The molecule has 1 amide bonds. The van der Waals surface area contributed by atoms with E-state index in [4.69, 9.17) is 9.47 Å². The second kappa shape index (κ2) is 6.92. The zero-order valence-electron chi connectivity index (χ0n) is 14.4. The molecule has 0 fully saturated rings. The van der Waals surface area contributed by atoms with Crippen LogP contribution in [0, 0.1) is 0 Å². The zero-order chi connectivity index (χ0) is 17.9. The number of nitrogens with one attached hydrogen (secondary N) is 2. The summed E-state index contributed by atoms with van der Waals surface area (Å²) in [5.74, 6) is 0.863. The molecule has 0 aliphatic carbocycles. The lowest BCUT2D eigenvalue weighted by Gasteiger charge is -2.24. The van der Waals surface area contributed by atoms with Crippen molar-refractivity contribution in [2.45, 2.75) is 19.4 Å². The summed E-state index contributed by atoms with van der Waals surface area (Å²) in [5.41, 5.74) is 5.79. The minimum atomic E-state index is -0.725. The second-order valence-electron chi connectivity index (χ2n) is 6.04. The Kier molecular flexibility index (Phi) is 4.31. The summed E-state index contributed by atoms with van der Waals surface area (Å²) in [6.07, 6.45) is 3.74. The molecule has 1 aliphatic rings. The highest BCUT2D eigenvalue weighted by molar-refractivity contribution is 6.00. The Bertz CT molecular complexity index is 977. The van der Waals surface area contributed by atoms with E-state index in [0.29, 0.717) is 11.5 Å². The summed E-state index contributed by atoms with van der Waals surface area (Å²) in [7, 11) is 0. The second-order valence-corrected chi connectivity index (χ2v) is 6.04. The Morgan fingerprint density at radius 3 is 2.96 bits per heavy atom. The molecule has 0 saturated heterocycles. The first kappa shape index (κ1) is 16.2. The molecule has 1 aliphatic heterocycles. The van der Waals surface area contributed by atoms with Crippen molar-refractivity contribution in [1.29, 1.82) is 0 Å². The predicted octanol–water partition coefficient (Wildman–Crippen LogP) is 3.02. The molecule has 2 N–H and O–H groups in total. The van der Waals surface area contributed by atoms with E-state index < -0.39 is 6.10 Å². The third kappa shape index (κ3) is 3.01. The molecule has 1 aromatic heterocycles. The fourth-order valence-corrected chi connectivity index (χ4v) is 3.03. The van der Waals surface area contributed by atoms with Gasteiger partial charge in [-0.15, -0.1) is 0 Å². The van der Waals surface area contributed by atoms with Gasteiger partial charge in [-0.25, -0.2) is 5.43 Å². The predicted molar refractivity (Wildman–Crippen MR) is 99.8 cm³/mol. The lowest BCUT2D eigenvalue weighted by Crippen LogP contribution is -2.42. The number of rotatable bonds is 4. The first-order valence-corrected chi connectivity index (χ1v) is 8.56. The van der Waals surface area contributed by atoms with Crippen molar-refractivity contribution < 1.29 is 14.3 Å². The fraction of sp³-hybridized carbons (Fsp3) is 0.200. The van der Waals surface area contributed by atoms with Gasteiger partial charge in [0.15, 0.2) is 11.5 Å². The molecular formula is C20H19N3O3. The standard InChI is InChI=1S/C20H19N3O3/c1-2-13-6-5-7-15-14(10-21-19(13)15)11-22-23-20(24)18-12-25-16-8-3-4-9-17(16)26-18/h3-11,18,21H,2,12H2,1H3,(H,23,24)/b22-11+/t18-/m0/s1. The Hall–Kier alpha value is -3.28. The van der Waals surface area contributed by atoms with Crippen molar-refractivity contribution >= 4 is 23.0 Å². The number of benzene rings is 2. The SMILES string of the molecule is CCc1cccc2c(/C=N/NC(=O)[C@@H]3COc4ccccc4O3)c[nH]c12. The molecule has 2 heterocycles. The highest BCUT2D eigenvalue weighted by Gasteiger charge is 2.26. The van der Waals surface area contributed by atoms with E-state index in [9.17, 15) is 4.79 Å². The van der Waals surface area contributed by atoms with E-state index in [-0.39, 0.29) is 12.5 Å². The molecule has 132 valence electrons. The van der Waals surface area contributed by atoms with Crippen LogP contribution < -0.4 is 14.9 Å². The molecule has 0 radical (unpaired) electrons. The normalized spacial score (nSPS) is 16.1. The largest absolute Gasteiger partial charge is 0.485 e. The van der Waals surface area contributed by atoms with E-state index in [2.05, 4.69) is 28.5 Å². The van der Waals surface area contributed by atoms with Gasteiger partial charge in [0.25, 0.3) is 5.91 Å². The van der Waals surface area contributed by atoms with Crippen molar-refractivity contribution in [3.05, 3.63) is 59.8 Å². The van der Waals surface area contributed by atoms with Gasteiger partial charge in [-0.05, 0) is 24.1 Å². The summed E-state index contributed by atoms with van der Waals surface area (Å²) in [5, 5.41) is 5.15. The molecule has 1 atom stereocenters. The van der Waals surface area contributed by atoms with Crippen molar-refractivity contribution in [3.63, 3.8) is 0 Å². The average Bonchev–Trinajstić information content (AvgIpc) is 3.10. The van der Waals surface area contributed by atoms with Crippen molar-refractivity contribution in [2.75, 3.05) is 6.61 Å². The third-order valence-electron chi connectivity index (χ3n) is 4.39. The summed E-state index contributed by atoms with van der Waals surface area (Å²) in [4.78, 5) is 15.5. The van der Waals surface area contributed by atoms with E-state index in [1.807, 2.05) is 36.5 Å². The number of nitrogens with zero attached hydrogens (tertiary/aromatic N) is 1. The topological polar surface area (TPSA) is 75.7 Å². The number of hydrogen-bond donors (Lipinski definition) is 2. The van der Waals surface area contributed by atoms with E-state index in [1.54, 1.807) is 12.3 Å². The van der Waals surface area contributed by atoms with Gasteiger partial charge in [0.05, 0.1) is 6.21 Å². The van der Waals surface area contributed by atoms with Gasteiger partial charge in [-0.3, -0.25) is 4.79 Å². The Morgan fingerprint density at radius 2 is 2.12 bits per heavy atom. The highest BCUT2D eigenvalue weighted by atomic mass is 16.6. The van der Waals surface area contributed by atoms with Crippen LogP contribution in [0.5, 0.6) is 11.5 Å². The summed E-state index contributed by atoms with van der Waals surface area (Å²) < 4.78 is 11.2. The molecule has 26 heavy (non-hydrogen) atoms. The number of para-hydroxylation sites is 3. The van der Waals surface area contributed by atoms with Crippen LogP contribution in [0.3, 0.4) is 0 Å². The number of aromatic nitrogens is 1. The van der Waals surface area contributed by atoms with Gasteiger partial charge < -0.3 is 14.5 Å². The summed E-state index contributed by atoms with van der Waals surface area (Å²) >= 11 is 0. The number of ether oxygens (including phenoxy) is 2. The van der Waals surface area contributed by atoms with E-state index >= 15 is 0 Å². The maximum Gasteiger partial charge on any atom is 0.284 e. The third-order valence-corrected chi connectivity index (χ3v) is 4.39. The molecule has 3 aromatic rings. The number of carbonyl (C=O) groups excluding carboxylic acids is 1. The average molecular weight is 349 g/mol. The van der Waals surface area contributed by atoms with Crippen LogP contribution in [0.4, 0.5) is 0 Å². The van der Waals surface area contributed by atoms with Crippen LogP contribution in [0.2, 0.25) is 0 Å². The van der Waals surface area contributed by atoms with Crippen LogP contribution in [0.15, 0.2) is 53.8 Å².